The summed E-state index contributed by atoms with van der Waals surface area (Å²) in [7, 11) is 0. The molecule has 2 N–H and O–H groups in total. The highest BCUT2D eigenvalue weighted by Gasteiger charge is 2.35. The number of rotatable bonds is 2. The third kappa shape index (κ3) is 1.27. The van der Waals surface area contributed by atoms with E-state index >= 15 is 0 Å². The van der Waals surface area contributed by atoms with E-state index in [0.29, 0.717) is 5.70 Å². The van der Waals surface area contributed by atoms with Crippen LogP contribution in [-0.2, 0) is 4.79 Å². The molecule has 3 heteroatoms. The van der Waals surface area contributed by atoms with Gasteiger partial charge in [0.2, 0.25) is 0 Å². The van der Waals surface area contributed by atoms with Crippen molar-refractivity contribution in [3.63, 3.8) is 0 Å². The molecule has 14 heavy (non-hydrogen) atoms. The second-order valence-electron chi connectivity index (χ2n) is 3.34. The molecule has 2 rings (SSSR count). The molecule has 1 atom stereocenters. The molecule has 0 saturated carbocycles. The van der Waals surface area contributed by atoms with E-state index in [1.807, 2.05) is 30.3 Å². The fraction of sp³-hybridized carbons (Fsp3) is 0.182. The van der Waals surface area contributed by atoms with E-state index in [0.717, 1.165) is 5.69 Å². The number of aliphatic hydroxyl groups excluding tert-OH is 1. The Labute approximate surface area is 82.1 Å². The first-order valence-electron chi connectivity index (χ1n) is 4.49. The average molecular weight is 189 g/mol. The van der Waals surface area contributed by atoms with Crippen molar-refractivity contribution in [1.82, 2.24) is 0 Å². The molecule has 0 aromatic heterocycles. The van der Waals surface area contributed by atoms with Gasteiger partial charge < -0.3 is 10.4 Å². The zero-order valence-corrected chi connectivity index (χ0v) is 7.82. The Morgan fingerprint density at radius 3 is 2.50 bits per heavy atom. The van der Waals surface area contributed by atoms with Crippen molar-refractivity contribution in [3.05, 3.63) is 41.8 Å². The van der Waals surface area contributed by atoms with Crippen LogP contribution in [0.1, 0.15) is 6.92 Å². The Hall–Kier alpha value is -1.77. The van der Waals surface area contributed by atoms with Crippen LogP contribution in [0.15, 0.2) is 41.8 Å². The summed E-state index contributed by atoms with van der Waals surface area (Å²) in [4.78, 5) is 11.3. The summed E-state index contributed by atoms with van der Waals surface area (Å²) < 4.78 is 0. The monoisotopic (exact) mass is 189 g/mol. The van der Waals surface area contributed by atoms with Crippen molar-refractivity contribution < 1.29 is 9.90 Å². The molecule has 1 unspecified atom stereocenters. The van der Waals surface area contributed by atoms with Crippen LogP contribution in [0.4, 0.5) is 5.69 Å². The third-order valence-corrected chi connectivity index (χ3v) is 2.35. The minimum Gasteiger partial charge on any atom is -0.509 e. The van der Waals surface area contributed by atoms with Gasteiger partial charge in [-0.2, -0.15) is 0 Å². The molecule has 1 aliphatic rings. The topological polar surface area (TPSA) is 49.3 Å². The highest BCUT2D eigenvalue weighted by molar-refractivity contribution is 6.07. The summed E-state index contributed by atoms with van der Waals surface area (Å²) in [6, 6.07) is 9.32. The molecular formula is C11H11NO2. The number of nitrogens with one attached hydrogen (secondary N) is 1. The summed E-state index contributed by atoms with van der Waals surface area (Å²) in [6.45, 7) is 1.69. The van der Waals surface area contributed by atoms with E-state index in [1.54, 1.807) is 6.92 Å². The number of anilines is 1. The predicted molar refractivity (Wildman–Crippen MR) is 53.9 cm³/mol. The van der Waals surface area contributed by atoms with Crippen molar-refractivity contribution >= 4 is 11.5 Å². The van der Waals surface area contributed by atoms with Crippen LogP contribution in [0.2, 0.25) is 0 Å². The van der Waals surface area contributed by atoms with Crippen LogP contribution >= 0.6 is 0 Å². The lowest BCUT2D eigenvalue weighted by molar-refractivity contribution is -0.121. The number of carbonyl (C=O) groups excluding carboxylic acids is 1. The van der Waals surface area contributed by atoms with Crippen molar-refractivity contribution in [2.75, 3.05) is 5.32 Å². The molecular weight excluding hydrogens is 178 g/mol. The predicted octanol–water partition coefficient (Wildman–Crippen LogP) is 2.09. The van der Waals surface area contributed by atoms with Crippen molar-refractivity contribution in [1.29, 1.82) is 0 Å². The largest absolute Gasteiger partial charge is 0.509 e. The summed E-state index contributed by atoms with van der Waals surface area (Å²) in [6.07, 6.45) is 0. The molecule has 0 spiro atoms. The number of hydrogen-bond donors (Lipinski definition) is 2. The molecule has 0 saturated heterocycles. The van der Waals surface area contributed by atoms with Gasteiger partial charge in [-0.15, -0.1) is 0 Å². The Bertz CT molecular complexity index is 395. The molecule has 0 heterocycles. The van der Waals surface area contributed by atoms with Crippen LogP contribution in [0, 0.1) is 5.92 Å². The third-order valence-electron chi connectivity index (χ3n) is 2.35. The van der Waals surface area contributed by atoms with E-state index in [2.05, 4.69) is 5.32 Å². The number of benzene rings is 1. The number of hydrogen-bond acceptors (Lipinski definition) is 3. The van der Waals surface area contributed by atoms with Crippen LogP contribution in [-0.4, -0.2) is 10.9 Å². The summed E-state index contributed by atoms with van der Waals surface area (Å²) >= 11 is 0. The molecule has 0 aliphatic heterocycles. The van der Waals surface area contributed by atoms with E-state index in [-0.39, 0.29) is 17.5 Å². The molecule has 0 amide bonds. The maximum atomic E-state index is 11.3. The number of allylic oxidation sites excluding steroid dienone is 2. The fourth-order valence-corrected chi connectivity index (χ4v) is 1.40. The zero-order valence-electron chi connectivity index (χ0n) is 7.82. The smallest absolute Gasteiger partial charge is 0.192 e. The first-order valence-corrected chi connectivity index (χ1v) is 4.49. The van der Waals surface area contributed by atoms with Gasteiger partial charge in [0.25, 0.3) is 0 Å². The lowest BCUT2D eigenvalue weighted by Gasteiger charge is -2.25. The molecule has 1 aliphatic carbocycles. The minimum atomic E-state index is -0.346. The highest BCUT2D eigenvalue weighted by Crippen LogP contribution is 2.28. The maximum absolute atomic E-state index is 11.3. The second kappa shape index (κ2) is 3.18. The molecule has 1 aromatic rings. The summed E-state index contributed by atoms with van der Waals surface area (Å²) in [5.41, 5.74) is 1.14. The van der Waals surface area contributed by atoms with Gasteiger partial charge in [0, 0.05) is 5.69 Å². The lowest BCUT2D eigenvalue weighted by atomic mass is 9.88. The van der Waals surface area contributed by atoms with Crippen LogP contribution in [0.3, 0.4) is 0 Å². The van der Waals surface area contributed by atoms with Crippen molar-refractivity contribution in [2.24, 2.45) is 5.92 Å². The van der Waals surface area contributed by atoms with Gasteiger partial charge in [-0.3, -0.25) is 4.79 Å². The van der Waals surface area contributed by atoms with E-state index in [4.69, 9.17) is 0 Å². The molecule has 0 fully saturated rings. The second-order valence-corrected chi connectivity index (χ2v) is 3.34. The standard InChI is InChI=1S/C11H11NO2/c1-7-10(13)9(11(7)14)12-8-5-3-2-4-6-8/h2-7,12-13H,1H3. The number of carbonyl (C=O) groups is 1. The van der Waals surface area contributed by atoms with Crippen LogP contribution < -0.4 is 5.32 Å². The molecule has 72 valence electrons. The molecule has 3 nitrogen and oxygen atoms in total. The lowest BCUT2D eigenvalue weighted by Crippen LogP contribution is -2.33. The quantitative estimate of drug-likeness (QED) is 0.748. The van der Waals surface area contributed by atoms with E-state index < -0.39 is 0 Å². The fourth-order valence-electron chi connectivity index (χ4n) is 1.40. The van der Waals surface area contributed by atoms with Gasteiger partial charge >= 0.3 is 0 Å². The molecule has 0 radical (unpaired) electrons. The maximum Gasteiger partial charge on any atom is 0.192 e. The Balaban J connectivity index is 2.18. The number of Topliss-reactive ketones (excluding diaryl/α,β-unsaturated/α-hetero) is 1. The Kier molecular flexibility index (Phi) is 2.00. The van der Waals surface area contributed by atoms with E-state index in [9.17, 15) is 9.90 Å². The summed E-state index contributed by atoms with van der Waals surface area (Å²) in [5, 5.41) is 12.3. The number of aliphatic hydroxyl groups is 1. The normalized spacial score (nSPS) is 20.6. The van der Waals surface area contributed by atoms with E-state index in [1.165, 1.54) is 0 Å². The minimum absolute atomic E-state index is 0.0358. The Morgan fingerprint density at radius 2 is 1.93 bits per heavy atom. The van der Waals surface area contributed by atoms with Gasteiger partial charge in [-0.05, 0) is 19.1 Å². The van der Waals surface area contributed by atoms with Gasteiger partial charge in [0.15, 0.2) is 5.78 Å². The highest BCUT2D eigenvalue weighted by atomic mass is 16.3. The van der Waals surface area contributed by atoms with Gasteiger partial charge in [0.1, 0.15) is 11.5 Å². The number of para-hydroxylation sites is 1. The Morgan fingerprint density at radius 1 is 1.29 bits per heavy atom. The van der Waals surface area contributed by atoms with Crippen molar-refractivity contribution in [2.45, 2.75) is 6.92 Å². The summed E-state index contributed by atoms with van der Waals surface area (Å²) in [5.74, 6) is -0.230. The first kappa shape index (κ1) is 8.81. The molecule has 0 bridgehead atoms. The average Bonchev–Trinajstić information content (AvgIpc) is 2.26. The molecule has 1 aromatic carbocycles. The number of ketones is 1. The van der Waals surface area contributed by atoms with Gasteiger partial charge in [-0.1, -0.05) is 18.2 Å². The first-order chi connectivity index (χ1) is 6.70. The van der Waals surface area contributed by atoms with Crippen LogP contribution in [0.5, 0.6) is 0 Å². The van der Waals surface area contributed by atoms with Gasteiger partial charge in [0.05, 0.1) is 5.92 Å². The van der Waals surface area contributed by atoms with Crippen molar-refractivity contribution in [3.8, 4) is 0 Å². The SMILES string of the molecule is CC1C(=O)C(Nc2ccccc2)=C1O. The zero-order chi connectivity index (χ0) is 10.1. The van der Waals surface area contributed by atoms with Gasteiger partial charge in [-0.25, -0.2) is 0 Å². The van der Waals surface area contributed by atoms with Crippen LogP contribution in [0.25, 0.3) is 0 Å².